The molecule has 3 rings (SSSR count). The molecule has 0 unspecified atom stereocenters. The fraction of sp³-hybridized carbons (Fsp3) is 0.200. The molecule has 0 nitrogen and oxygen atoms in total. The molecule has 2 aromatic carbocycles. The summed E-state index contributed by atoms with van der Waals surface area (Å²) in [4.78, 5) is 0. The predicted octanol–water partition coefficient (Wildman–Crippen LogP) is 4.53. The largest absolute Gasteiger partial charge is 0.0837 e. The topological polar surface area (TPSA) is 0 Å². The number of benzene rings is 2. The fourth-order valence-electron chi connectivity index (χ4n) is 2.70. The van der Waals surface area contributed by atoms with Crippen molar-refractivity contribution in [3.63, 3.8) is 0 Å². The quantitative estimate of drug-likeness (QED) is 0.530. The number of hydrogen-bond donors (Lipinski definition) is 0. The predicted molar refractivity (Wildman–Crippen MR) is 69.2 cm³/mol. The Kier molecular flexibility index (Phi) is 2.08. The van der Waals surface area contributed by atoms with E-state index in [2.05, 4.69) is 44.2 Å². The summed E-state index contributed by atoms with van der Waals surface area (Å²) >= 11 is 6.40. The first-order valence-corrected chi connectivity index (χ1v) is 5.93. The van der Waals surface area contributed by atoms with E-state index in [1.165, 1.54) is 33.4 Å². The van der Waals surface area contributed by atoms with Gasteiger partial charge in [0.15, 0.2) is 0 Å². The zero-order valence-electron chi connectivity index (χ0n) is 9.47. The third kappa shape index (κ3) is 1.23. The van der Waals surface area contributed by atoms with E-state index in [0.717, 1.165) is 11.4 Å². The number of hydrogen-bond acceptors (Lipinski definition) is 0. The normalized spacial score (nSPS) is 12.4. The molecular weight excluding hydrogens is 216 g/mol. The van der Waals surface area contributed by atoms with Crippen molar-refractivity contribution in [2.45, 2.75) is 20.3 Å². The highest BCUT2D eigenvalue weighted by atomic mass is 35.5. The average molecular weight is 229 g/mol. The Morgan fingerprint density at radius 2 is 1.81 bits per heavy atom. The lowest BCUT2D eigenvalue weighted by molar-refractivity contribution is 1.24. The maximum Gasteiger partial charge on any atom is 0.0476 e. The molecule has 0 N–H and O–H groups in total. The van der Waals surface area contributed by atoms with Crippen LogP contribution in [-0.4, -0.2) is 0 Å². The van der Waals surface area contributed by atoms with Gasteiger partial charge >= 0.3 is 0 Å². The Bertz CT molecular complexity index is 582. The molecule has 0 bridgehead atoms. The molecule has 0 radical (unpaired) electrons. The maximum atomic E-state index is 6.40. The van der Waals surface area contributed by atoms with Crippen LogP contribution in [0.25, 0.3) is 11.1 Å². The van der Waals surface area contributed by atoms with Gasteiger partial charge in [-0.25, -0.2) is 0 Å². The first-order chi connectivity index (χ1) is 7.68. The summed E-state index contributed by atoms with van der Waals surface area (Å²) in [5.41, 5.74) is 7.93. The standard InChI is InChI=1S/C15H13Cl/c1-9-7-10(2)15(16)13-8-11-5-3-4-6-12(11)14(9)13/h3-7H,8H2,1-2H3. The van der Waals surface area contributed by atoms with Crippen LogP contribution in [0, 0.1) is 13.8 Å². The molecular formula is C15H13Cl. The summed E-state index contributed by atoms with van der Waals surface area (Å²) in [5, 5.41) is 0.941. The molecule has 0 fully saturated rings. The van der Waals surface area contributed by atoms with E-state index in [9.17, 15) is 0 Å². The third-order valence-electron chi connectivity index (χ3n) is 3.39. The van der Waals surface area contributed by atoms with Crippen LogP contribution in [0.1, 0.15) is 22.3 Å². The summed E-state index contributed by atoms with van der Waals surface area (Å²) in [5.74, 6) is 0. The van der Waals surface area contributed by atoms with Gasteiger partial charge in [0.2, 0.25) is 0 Å². The fourth-order valence-corrected chi connectivity index (χ4v) is 2.91. The second-order valence-corrected chi connectivity index (χ2v) is 4.89. The smallest absolute Gasteiger partial charge is 0.0476 e. The molecule has 0 aromatic heterocycles. The summed E-state index contributed by atoms with van der Waals surface area (Å²) in [6, 6.07) is 10.8. The molecule has 1 heteroatoms. The van der Waals surface area contributed by atoms with Crippen molar-refractivity contribution in [3.8, 4) is 11.1 Å². The van der Waals surface area contributed by atoms with Gasteiger partial charge in [-0.3, -0.25) is 0 Å². The van der Waals surface area contributed by atoms with Gasteiger partial charge in [0, 0.05) is 11.4 Å². The second-order valence-electron chi connectivity index (χ2n) is 4.51. The summed E-state index contributed by atoms with van der Waals surface area (Å²) in [6.07, 6.45) is 0.979. The molecule has 0 heterocycles. The van der Waals surface area contributed by atoms with Crippen LogP contribution in [0.4, 0.5) is 0 Å². The average Bonchev–Trinajstić information content (AvgIpc) is 2.65. The molecule has 2 aromatic rings. The Balaban J connectivity index is 2.37. The third-order valence-corrected chi connectivity index (χ3v) is 3.92. The second kappa shape index (κ2) is 3.36. The lowest BCUT2D eigenvalue weighted by atomic mass is 9.98. The molecule has 0 amide bonds. The van der Waals surface area contributed by atoms with E-state index in [-0.39, 0.29) is 0 Å². The highest BCUT2D eigenvalue weighted by molar-refractivity contribution is 6.32. The van der Waals surface area contributed by atoms with Crippen molar-refractivity contribution in [1.82, 2.24) is 0 Å². The van der Waals surface area contributed by atoms with Crippen molar-refractivity contribution in [1.29, 1.82) is 0 Å². The van der Waals surface area contributed by atoms with Crippen LogP contribution in [0.15, 0.2) is 30.3 Å². The van der Waals surface area contributed by atoms with E-state index in [1.54, 1.807) is 0 Å². The first-order valence-electron chi connectivity index (χ1n) is 5.55. The lowest BCUT2D eigenvalue weighted by Gasteiger charge is -2.09. The van der Waals surface area contributed by atoms with E-state index in [0.29, 0.717) is 0 Å². The zero-order valence-corrected chi connectivity index (χ0v) is 10.2. The van der Waals surface area contributed by atoms with E-state index in [4.69, 9.17) is 11.6 Å². The van der Waals surface area contributed by atoms with Gasteiger partial charge in [-0.2, -0.15) is 0 Å². The molecule has 0 spiro atoms. The van der Waals surface area contributed by atoms with Crippen LogP contribution in [-0.2, 0) is 6.42 Å². The van der Waals surface area contributed by atoms with E-state index < -0.39 is 0 Å². The minimum Gasteiger partial charge on any atom is -0.0837 e. The van der Waals surface area contributed by atoms with E-state index in [1.807, 2.05) is 0 Å². The highest BCUT2D eigenvalue weighted by Gasteiger charge is 2.22. The van der Waals surface area contributed by atoms with Gasteiger partial charge < -0.3 is 0 Å². The minimum absolute atomic E-state index is 0.941. The van der Waals surface area contributed by atoms with Gasteiger partial charge in [-0.05, 0) is 47.2 Å². The maximum absolute atomic E-state index is 6.40. The summed E-state index contributed by atoms with van der Waals surface area (Å²) in [6.45, 7) is 4.25. The van der Waals surface area contributed by atoms with Crippen molar-refractivity contribution in [2.75, 3.05) is 0 Å². The highest BCUT2D eigenvalue weighted by Crippen LogP contribution is 2.43. The molecule has 16 heavy (non-hydrogen) atoms. The minimum atomic E-state index is 0.941. The van der Waals surface area contributed by atoms with Crippen LogP contribution in [0.5, 0.6) is 0 Å². The monoisotopic (exact) mass is 228 g/mol. The van der Waals surface area contributed by atoms with Crippen LogP contribution in [0.2, 0.25) is 5.02 Å². The Morgan fingerprint density at radius 3 is 2.62 bits per heavy atom. The SMILES string of the molecule is Cc1cc(C)c2c(c1Cl)Cc1ccccc1-2. The molecule has 1 aliphatic carbocycles. The number of fused-ring (bicyclic) bond motifs is 3. The Labute approximate surface area is 101 Å². The van der Waals surface area contributed by atoms with Crippen molar-refractivity contribution >= 4 is 11.6 Å². The molecule has 80 valence electrons. The van der Waals surface area contributed by atoms with E-state index >= 15 is 0 Å². The van der Waals surface area contributed by atoms with Gasteiger partial charge in [0.05, 0.1) is 0 Å². The van der Waals surface area contributed by atoms with Crippen molar-refractivity contribution in [2.24, 2.45) is 0 Å². The Morgan fingerprint density at radius 1 is 1.06 bits per heavy atom. The number of rotatable bonds is 0. The van der Waals surface area contributed by atoms with Gasteiger partial charge in [0.25, 0.3) is 0 Å². The van der Waals surface area contributed by atoms with Crippen molar-refractivity contribution < 1.29 is 0 Å². The molecule has 0 saturated heterocycles. The summed E-state index contributed by atoms with van der Waals surface area (Å²) in [7, 11) is 0. The Hall–Kier alpha value is -1.27. The van der Waals surface area contributed by atoms with Crippen LogP contribution >= 0.6 is 11.6 Å². The number of aryl methyl sites for hydroxylation is 2. The number of halogens is 1. The molecule has 0 aliphatic heterocycles. The van der Waals surface area contributed by atoms with Crippen LogP contribution in [0.3, 0.4) is 0 Å². The summed E-state index contributed by atoms with van der Waals surface area (Å²) < 4.78 is 0. The zero-order chi connectivity index (χ0) is 11.3. The molecule has 0 atom stereocenters. The molecule has 0 saturated carbocycles. The lowest BCUT2D eigenvalue weighted by Crippen LogP contribution is -1.89. The van der Waals surface area contributed by atoms with Crippen LogP contribution < -0.4 is 0 Å². The van der Waals surface area contributed by atoms with Gasteiger partial charge in [-0.1, -0.05) is 41.9 Å². The molecule has 1 aliphatic rings. The first kappa shape index (κ1) is 9.92. The van der Waals surface area contributed by atoms with Gasteiger partial charge in [0.1, 0.15) is 0 Å². The van der Waals surface area contributed by atoms with Crippen molar-refractivity contribution in [3.05, 3.63) is 57.6 Å². The van der Waals surface area contributed by atoms with Gasteiger partial charge in [-0.15, -0.1) is 0 Å².